The number of benzene rings is 1. The third kappa shape index (κ3) is 3.48. The van der Waals surface area contributed by atoms with Gasteiger partial charge in [0.1, 0.15) is 5.75 Å². The van der Waals surface area contributed by atoms with Crippen molar-refractivity contribution in [2.24, 2.45) is 5.73 Å². The molecule has 1 aliphatic rings. The summed E-state index contributed by atoms with van der Waals surface area (Å²) in [5, 5.41) is 0. The summed E-state index contributed by atoms with van der Waals surface area (Å²) in [6.07, 6.45) is 4.82. The first-order valence-corrected chi connectivity index (χ1v) is 7.14. The van der Waals surface area contributed by atoms with Crippen LogP contribution >= 0.6 is 0 Å². The summed E-state index contributed by atoms with van der Waals surface area (Å²) in [4.78, 5) is 0. The number of hydrogen-bond acceptors (Lipinski definition) is 3. The maximum atomic E-state index is 6.37. The molecule has 106 valence electrons. The highest BCUT2D eigenvalue weighted by atomic mass is 16.5. The van der Waals surface area contributed by atoms with Gasteiger partial charge in [0.05, 0.1) is 13.2 Å². The maximum Gasteiger partial charge on any atom is 0.122 e. The highest BCUT2D eigenvalue weighted by molar-refractivity contribution is 5.42. The number of hydrogen-bond donors (Lipinski definition) is 1. The fourth-order valence-electron chi connectivity index (χ4n) is 2.83. The number of ether oxygens (including phenoxy) is 2. The maximum absolute atomic E-state index is 6.37. The number of methoxy groups -OCH3 is 1. The number of rotatable bonds is 4. The molecule has 0 aliphatic carbocycles. The Morgan fingerprint density at radius 2 is 2.11 bits per heavy atom. The lowest BCUT2D eigenvalue weighted by Crippen LogP contribution is -2.25. The topological polar surface area (TPSA) is 44.5 Å². The number of aryl methyl sites for hydroxylation is 2. The van der Waals surface area contributed by atoms with Crippen molar-refractivity contribution in [3.05, 3.63) is 28.8 Å². The molecule has 2 N–H and O–H groups in total. The summed E-state index contributed by atoms with van der Waals surface area (Å²) in [6, 6.07) is 4.28. The smallest absolute Gasteiger partial charge is 0.122 e. The minimum atomic E-state index is 0.0488. The summed E-state index contributed by atoms with van der Waals surface area (Å²) < 4.78 is 11.1. The summed E-state index contributed by atoms with van der Waals surface area (Å²) in [6.45, 7) is 5.04. The van der Waals surface area contributed by atoms with Gasteiger partial charge in [0.25, 0.3) is 0 Å². The van der Waals surface area contributed by atoms with Crippen LogP contribution in [0.15, 0.2) is 12.1 Å². The molecule has 1 heterocycles. The molecule has 0 bridgehead atoms. The van der Waals surface area contributed by atoms with Crippen LogP contribution in [0.1, 0.15) is 48.4 Å². The second-order valence-electron chi connectivity index (χ2n) is 5.51. The summed E-state index contributed by atoms with van der Waals surface area (Å²) in [7, 11) is 1.71. The zero-order chi connectivity index (χ0) is 13.8. The monoisotopic (exact) mass is 263 g/mol. The molecule has 2 rings (SSSR count). The van der Waals surface area contributed by atoms with Crippen molar-refractivity contribution in [1.29, 1.82) is 0 Å². The van der Waals surface area contributed by atoms with E-state index in [1.807, 2.05) is 0 Å². The van der Waals surface area contributed by atoms with Crippen LogP contribution < -0.4 is 10.5 Å². The van der Waals surface area contributed by atoms with Crippen molar-refractivity contribution in [1.82, 2.24) is 0 Å². The Hall–Kier alpha value is -1.06. The van der Waals surface area contributed by atoms with Crippen LogP contribution in [-0.4, -0.2) is 19.8 Å². The molecule has 0 radical (unpaired) electrons. The first kappa shape index (κ1) is 14.4. The van der Waals surface area contributed by atoms with Gasteiger partial charge in [-0.25, -0.2) is 0 Å². The fraction of sp³-hybridized carbons (Fsp3) is 0.625. The van der Waals surface area contributed by atoms with Gasteiger partial charge in [-0.15, -0.1) is 0 Å². The van der Waals surface area contributed by atoms with E-state index in [0.717, 1.165) is 30.8 Å². The molecule has 3 nitrogen and oxygen atoms in total. The van der Waals surface area contributed by atoms with Crippen molar-refractivity contribution in [3.63, 3.8) is 0 Å². The molecule has 2 unspecified atom stereocenters. The van der Waals surface area contributed by atoms with E-state index >= 15 is 0 Å². The van der Waals surface area contributed by atoms with Gasteiger partial charge >= 0.3 is 0 Å². The van der Waals surface area contributed by atoms with Crippen LogP contribution in [0.2, 0.25) is 0 Å². The Morgan fingerprint density at radius 3 is 2.74 bits per heavy atom. The molecule has 0 amide bonds. The zero-order valence-corrected chi connectivity index (χ0v) is 12.2. The van der Waals surface area contributed by atoms with Gasteiger partial charge in [-0.2, -0.15) is 0 Å². The van der Waals surface area contributed by atoms with E-state index in [0.29, 0.717) is 6.10 Å². The summed E-state index contributed by atoms with van der Waals surface area (Å²) >= 11 is 0. The molecule has 1 fully saturated rings. The van der Waals surface area contributed by atoms with Crippen molar-refractivity contribution in [3.8, 4) is 5.75 Å². The average molecular weight is 263 g/mol. The van der Waals surface area contributed by atoms with Gasteiger partial charge in [0.15, 0.2) is 0 Å². The van der Waals surface area contributed by atoms with Crippen LogP contribution in [-0.2, 0) is 4.74 Å². The van der Waals surface area contributed by atoms with E-state index in [2.05, 4.69) is 26.0 Å². The second-order valence-corrected chi connectivity index (χ2v) is 5.51. The SMILES string of the molecule is COc1cc(C)c(C(N)CC2CCCCO2)cc1C. The van der Waals surface area contributed by atoms with Gasteiger partial charge < -0.3 is 15.2 Å². The first-order valence-electron chi connectivity index (χ1n) is 7.14. The van der Waals surface area contributed by atoms with Crippen molar-refractivity contribution >= 4 is 0 Å². The van der Waals surface area contributed by atoms with E-state index < -0.39 is 0 Å². The first-order chi connectivity index (χ1) is 9.11. The van der Waals surface area contributed by atoms with Crippen molar-refractivity contribution < 1.29 is 9.47 Å². The molecule has 19 heavy (non-hydrogen) atoms. The van der Waals surface area contributed by atoms with Crippen LogP contribution in [0.5, 0.6) is 5.75 Å². The van der Waals surface area contributed by atoms with E-state index in [9.17, 15) is 0 Å². The number of nitrogens with two attached hydrogens (primary N) is 1. The van der Waals surface area contributed by atoms with E-state index in [1.165, 1.54) is 24.0 Å². The molecule has 0 aromatic heterocycles. The second kappa shape index (κ2) is 6.40. The molecule has 2 atom stereocenters. The molecule has 1 saturated heterocycles. The normalized spacial score (nSPS) is 21.2. The molecule has 1 aromatic carbocycles. The average Bonchev–Trinajstić information content (AvgIpc) is 2.42. The van der Waals surface area contributed by atoms with Crippen molar-refractivity contribution in [2.75, 3.05) is 13.7 Å². The Labute approximate surface area is 116 Å². The van der Waals surface area contributed by atoms with Gasteiger partial charge in [-0.05, 0) is 62.3 Å². The minimum Gasteiger partial charge on any atom is -0.496 e. The molecular weight excluding hydrogens is 238 g/mol. The third-order valence-corrected chi connectivity index (χ3v) is 3.97. The Morgan fingerprint density at radius 1 is 1.32 bits per heavy atom. The summed E-state index contributed by atoms with van der Waals surface area (Å²) in [5.74, 6) is 0.933. The minimum absolute atomic E-state index is 0.0488. The Kier molecular flexibility index (Phi) is 4.83. The van der Waals surface area contributed by atoms with Gasteiger partial charge in [-0.1, -0.05) is 6.07 Å². The summed E-state index contributed by atoms with van der Waals surface area (Å²) in [5.41, 5.74) is 9.92. The van der Waals surface area contributed by atoms with Crippen molar-refractivity contribution in [2.45, 2.75) is 51.7 Å². The standard InChI is InChI=1S/C16H25NO2/c1-11-9-16(18-3)12(2)8-14(11)15(17)10-13-6-4-5-7-19-13/h8-9,13,15H,4-7,10,17H2,1-3H3. The highest BCUT2D eigenvalue weighted by Gasteiger charge is 2.20. The lowest BCUT2D eigenvalue weighted by atomic mass is 9.93. The molecule has 3 heteroatoms. The predicted molar refractivity (Wildman–Crippen MR) is 77.6 cm³/mol. The van der Waals surface area contributed by atoms with Crippen LogP contribution in [0.4, 0.5) is 0 Å². The molecule has 0 saturated carbocycles. The van der Waals surface area contributed by atoms with Gasteiger partial charge in [0, 0.05) is 12.6 Å². The quantitative estimate of drug-likeness (QED) is 0.906. The van der Waals surface area contributed by atoms with Crippen LogP contribution in [0.3, 0.4) is 0 Å². The van der Waals surface area contributed by atoms with E-state index in [-0.39, 0.29) is 6.04 Å². The predicted octanol–water partition coefficient (Wildman–Crippen LogP) is 3.27. The Bertz CT molecular complexity index is 425. The lowest BCUT2D eigenvalue weighted by Gasteiger charge is -2.26. The van der Waals surface area contributed by atoms with Gasteiger partial charge in [0.2, 0.25) is 0 Å². The van der Waals surface area contributed by atoms with Crippen LogP contribution in [0.25, 0.3) is 0 Å². The molecule has 1 aromatic rings. The molecule has 0 spiro atoms. The Balaban J connectivity index is 2.09. The highest BCUT2D eigenvalue weighted by Crippen LogP contribution is 2.29. The van der Waals surface area contributed by atoms with E-state index in [1.54, 1.807) is 7.11 Å². The van der Waals surface area contributed by atoms with E-state index in [4.69, 9.17) is 15.2 Å². The lowest BCUT2D eigenvalue weighted by molar-refractivity contribution is 0.00726. The molecule has 1 aliphatic heterocycles. The van der Waals surface area contributed by atoms with Crippen LogP contribution in [0, 0.1) is 13.8 Å². The molecular formula is C16H25NO2. The largest absolute Gasteiger partial charge is 0.496 e. The fourth-order valence-corrected chi connectivity index (χ4v) is 2.83. The third-order valence-electron chi connectivity index (χ3n) is 3.97. The van der Waals surface area contributed by atoms with Gasteiger partial charge in [-0.3, -0.25) is 0 Å². The zero-order valence-electron chi connectivity index (χ0n) is 12.2.